The third-order valence-corrected chi connectivity index (χ3v) is 7.41. The molecule has 0 radical (unpaired) electrons. The van der Waals surface area contributed by atoms with E-state index >= 15 is 0 Å². The zero-order chi connectivity index (χ0) is 30.7. The van der Waals surface area contributed by atoms with Gasteiger partial charge in [-0.3, -0.25) is 9.78 Å². The van der Waals surface area contributed by atoms with E-state index in [1.54, 1.807) is 0 Å². The molecule has 1 heterocycles. The maximum Gasteiger partial charge on any atom is 0.227 e. The number of carbonyl (C=O) groups excluding carboxylic acids is 1. The number of aliphatic hydroxyl groups is 1. The molecule has 0 bridgehead atoms. The van der Waals surface area contributed by atoms with Crippen molar-refractivity contribution in [3.05, 3.63) is 102 Å². The van der Waals surface area contributed by atoms with E-state index in [1.807, 2.05) is 89.3 Å². The molecule has 42 heavy (non-hydrogen) atoms. The molecule has 0 saturated carbocycles. The van der Waals surface area contributed by atoms with Gasteiger partial charge in [0.15, 0.2) is 0 Å². The first-order chi connectivity index (χ1) is 20.0. The number of rotatable bonds is 9. The molecule has 3 atom stereocenters. The van der Waals surface area contributed by atoms with Gasteiger partial charge in [-0.25, -0.2) is 0 Å². The molecule has 220 valence electrons. The lowest BCUT2D eigenvalue weighted by atomic mass is 9.93. The summed E-state index contributed by atoms with van der Waals surface area (Å²) in [6.07, 6.45) is 10.00. The smallest absolute Gasteiger partial charge is 0.227 e. The van der Waals surface area contributed by atoms with Gasteiger partial charge in [-0.1, -0.05) is 86.6 Å². The average Bonchev–Trinajstić information content (AvgIpc) is 2.99. The summed E-state index contributed by atoms with van der Waals surface area (Å²) in [5.74, 6) is 2.92. The average molecular weight is 563 g/mol. The van der Waals surface area contributed by atoms with Crippen LogP contribution in [0.4, 0.5) is 0 Å². The number of aryl methyl sites for hydroxylation is 1. The van der Waals surface area contributed by atoms with E-state index in [9.17, 15) is 9.90 Å². The summed E-state index contributed by atoms with van der Waals surface area (Å²) in [5.41, 5.74) is 5.39. The van der Waals surface area contributed by atoms with Crippen molar-refractivity contribution >= 4 is 16.7 Å². The zero-order valence-electron chi connectivity index (χ0n) is 26.0. The van der Waals surface area contributed by atoms with Crippen LogP contribution in [-0.4, -0.2) is 27.6 Å². The highest BCUT2D eigenvalue weighted by atomic mass is 16.3. The lowest BCUT2D eigenvalue weighted by Crippen LogP contribution is -2.42. The Balaban J connectivity index is 0.000000250. The fourth-order valence-electron chi connectivity index (χ4n) is 5.04. The highest BCUT2D eigenvalue weighted by Crippen LogP contribution is 2.30. The fourth-order valence-corrected chi connectivity index (χ4v) is 5.04. The van der Waals surface area contributed by atoms with Gasteiger partial charge in [0, 0.05) is 28.6 Å². The molecule has 4 aromatic rings. The van der Waals surface area contributed by atoms with Crippen LogP contribution in [0.1, 0.15) is 77.0 Å². The lowest BCUT2D eigenvalue weighted by molar-refractivity contribution is -0.123. The topological polar surface area (TPSA) is 62.2 Å². The van der Waals surface area contributed by atoms with Crippen LogP contribution in [-0.2, 0) is 17.6 Å². The number of hydrogen-bond donors (Lipinski definition) is 2. The maximum absolute atomic E-state index is 12.1. The van der Waals surface area contributed by atoms with E-state index in [1.165, 1.54) is 10.9 Å². The normalized spacial score (nSPS) is 13.3. The van der Waals surface area contributed by atoms with Crippen LogP contribution in [0, 0.1) is 18.3 Å². The maximum atomic E-state index is 12.1. The van der Waals surface area contributed by atoms with Crippen LogP contribution in [0.15, 0.2) is 85.1 Å². The number of nitrogens with one attached hydrogen (secondary N) is 1. The van der Waals surface area contributed by atoms with E-state index in [4.69, 9.17) is 6.42 Å². The van der Waals surface area contributed by atoms with Crippen LogP contribution in [0.3, 0.4) is 0 Å². The molecule has 0 fully saturated rings. The van der Waals surface area contributed by atoms with Gasteiger partial charge in [0.05, 0.1) is 17.7 Å². The minimum Gasteiger partial charge on any atom is -0.393 e. The molecule has 1 amide bonds. The molecule has 0 aliphatic rings. The second-order valence-corrected chi connectivity index (χ2v) is 12.1. The number of terminal acetylenes is 1. The Labute approximate surface area is 252 Å². The highest BCUT2D eigenvalue weighted by Gasteiger charge is 2.22. The predicted octanol–water partition coefficient (Wildman–Crippen LogP) is 8.12. The van der Waals surface area contributed by atoms with E-state index in [0.29, 0.717) is 12.8 Å². The molecule has 3 unspecified atom stereocenters. The fraction of sp³-hybridized carbons (Fsp3) is 0.368. The molecule has 0 aliphatic heterocycles. The second kappa shape index (κ2) is 15.3. The third-order valence-electron chi connectivity index (χ3n) is 7.41. The molecule has 0 saturated heterocycles. The Bertz CT molecular complexity index is 1490. The molecule has 4 heteroatoms. The molecular formula is C38H46N2O2. The Morgan fingerprint density at radius 1 is 0.929 bits per heavy atom. The molecule has 1 aromatic heterocycles. The molecule has 2 N–H and O–H groups in total. The van der Waals surface area contributed by atoms with Crippen molar-refractivity contribution in [2.75, 3.05) is 0 Å². The van der Waals surface area contributed by atoms with Gasteiger partial charge in [-0.05, 0) is 81.5 Å². The van der Waals surface area contributed by atoms with Gasteiger partial charge in [0.2, 0.25) is 5.91 Å². The van der Waals surface area contributed by atoms with E-state index in [2.05, 4.69) is 53.5 Å². The van der Waals surface area contributed by atoms with Crippen molar-refractivity contribution in [2.24, 2.45) is 5.92 Å². The summed E-state index contributed by atoms with van der Waals surface area (Å²) < 4.78 is 0. The summed E-state index contributed by atoms with van der Waals surface area (Å²) in [7, 11) is 0. The molecular weight excluding hydrogens is 516 g/mol. The predicted molar refractivity (Wildman–Crippen MR) is 176 cm³/mol. The van der Waals surface area contributed by atoms with Crippen LogP contribution in [0.5, 0.6) is 0 Å². The Morgan fingerprint density at radius 2 is 1.57 bits per heavy atom. The number of aliphatic hydroxyl groups excluding tert-OH is 1. The third kappa shape index (κ3) is 9.29. The van der Waals surface area contributed by atoms with Gasteiger partial charge >= 0.3 is 0 Å². The van der Waals surface area contributed by atoms with Gasteiger partial charge < -0.3 is 10.4 Å². The summed E-state index contributed by atoms with van der Waals surface area (Å²) in [6, 6.07) is 26.6. The highest BCUT2D eigenvalue weighted by molar-refractivity contribution is 5.95. The number of aromatic nitrogens is 1. The van der Waals surface area contributed by atoms with Crippen molar-refractivity contribution in [3.63, 3.8) is 0 Å². The Hall–Kier alpha value is -3.94. The Morgan fingerprint density at radius 3 is 2.26 bits per heavy atom. The van der Waals surface area contributed by atoms with E-state index in [-0.39, 0.29) is 23.3 Å². The van der Waals surface area contributed by atoms with Crippen molar-refractivity contribution in [1.82, 2.24) is 10.3 Å². The second-order valence-electron chi connectivity index (χ2n) is 12.1. The van der Waals surface area contributed by atoms with Crippen LogP contribution < -0.4 is 5.32 Å². The molecule has 0 spiro atoms. The van der Waals surface area contributed by atoms with E-state index < -0.39 is 6.10 Å². The lowest BCUT2D eigenvalue weighted by Gasteiger charge is -2.24. The summed E-state index contributed by atoms with van der Waals surface area (Å²) in [4.78, 5) is 16.7. The molecule has 0 aliphatic carbocycles. The first kappa shape index (κ1) is 32.6. The summed E-state index contributed by atoms with van der Waals surface area (Å²) >= 11 is 0. The van der Waals surface area contributed by atoms with Crippen LogP contribution in [0.2, 0.25) is 0 Å². The van der Waals surface area contributed by atoms with Gasteiger partial charge in [0.25, 0.3) is 0 Å². The molecule has 3 aromatic carbocycles. The first-order valence-corrected chi connectivity index (χ1v) is 15.0. The van der Waals surface area contributed by atoms with Gasteiger partial charge in [-0.15, -0.1) is 12.3 Å². The number of carbonyl (C=O) groups is 1. The standard InChI is InChI=1S/C23H23NO.C15H23NO/c1-3-17(2)12-13-20(25)16-19-9-5-7-11-22(19)23-21-10-6-4-8-18(21)14-15-24-23;1-6-12-9-7-8-10-13(12)11(2)14(17)16-15(3,4)5/h1,4-11,14-15,17,20,25H,12-13,16H2,2H3;7-11H,6H2,1-5H3,(H,16,17). The number of nitrogens with zero attached hydrogens (tertiary/aromatic N) is 1. The van der Waals surface area contributed by atoms with Crippen molar-refractivity contribution < 1.29 is 9.90 Å². The van der Waals surface area contributed by atoms with Gasteiger partial charge in [-0.2, -0.15) is 0 Å². The van der Waals surface area contributed by atoms with Gasteiger partial charge in [0.1, 0.15) is 0 Å². The molecule has 4 rings (SSSR count). The zero-order valence-corrected chi connectivity index (χ0v) is 26.0. The number of hydrogen-bond acceptors (Lipinski definition) is 3. The minimum absolute atomic E-state index is 0.0922. The largest absolute Gasteiger partial charge is 0.393 e. The van der Waals surface area contributed by atoms with Crippen molar-refractivity contribution in [1.29, 1.82) is 0 Å². The first-order valence-electron chi connectivity index (χ1n) is 15.0. The van der Waals surface area contributed by atoms with Crippen molar-refractivity contribution in [2.45, 2.75) is 84.8 Å². The summed E-state index contributed by atoms with van der Waals surface area (Å²) in [5, 5.41) is 15.8. The van der Waals surface area contributed by atoms with Crippen LogP contribution in [0.25, 0.3) is 22.0 Å². The van der Waals surface area contributed by atoms with Crippen molar-refractivity contribution in [3.8, 4) is 23.6 Å². The Kier molecular flexibility index (Phi) is 11.9. The molecule has 4 nitrogen and oxygen atoms in total. The number of amides is 1. The summed E-state index contributed by atoms with van der Waals surface area (Å²) in [6.45, 7) is 12.1. The SMILES string of the molecule is C#CC(C)CCC(O)Cc1ccccc1-c1nccc2ccccc12.CCc1ccccc1C(C)C(=O)NC(C)(C)C. The minimum atomic E-state index is -0.396. The number of pyridine rings is 1. The van der Waals surface area contributed by atoms with E-state index in [0.717, 1.165) is 40.6 Å². The monoisotopic (exact) mass is 562 g/mol. The number of benzene rings is 3. The number of fused-ring (bicyclic) bond motifs is 1. The van der Waals surface area contributed by atoms with Crippen LogP contribution >= 0.6 is 0 Å². The quantitative estimate of drug-likeness (QED) is 0.203.